The Morgan fingerprint density at radius 1 is 1.25 bits per heavy atom. The number of hydrogen-bond donors (Lipinski definition) is 0. The van der Waals surface area contributed by atoms with E-state index in [1.807, 2.05) is 12.1 Å². The van der Waals surface area contributed by atoms with Crippen molar-refractivity contribution in [3.8, 4) is 0 Å². The maximum atomic E-state index is 12.7. The van der Waals surface area contributed by atoms with Gasteiger partial charge < -0.3 is 0 Å². The van der Waals surface area contributed by atoms with E-state index in [2.05, 4.69) is 15.0 Å². The van der Waals surface area contributed by atoms with Gasteiger partial charge in [0.2, 0.25) is 5.82 Å². The topological polar surface area (TPSA) is 38.7 Å². The maximum absolute atomic E-state index is 12.7. The van der Waals surface area contributed by atoms with E-state index >= 15 is 0 Å². The van der Waals surface area contributed by atoms with Crippen molar-refractivity contribution >= 4 is 11.6 Å². The fraction of sp³-hybridized carbons (Fsp3) is 0.308. The quantitative estimate of drug-likeness (QED) is 0.755. The molecular formula is C13H9ClF3N3. The highest BCUT2D eigenvalue weighted by molar-refractivity contribution is 6.29. The first-order valence-electron chi connectivity index (χ1n) is 6.00. The Hall–Kier alpha value is -1.69. The molecule has 0 spiro atoms. The van der Waals surface area contributed by atoms with Gasteiger partial charge in [0.1, 0.15) is 5.15 Å². The first-order valence-corrected chi connectivity index (χ1v) is 6.38. The number of alkyl halides is 3. The Morgan fingerprint density at radius 2 is 2.05 bits per heavy atom. The van der Waals surface area contributed by atoms with E-state index in [4.69, 9.17) is 11.6 Å². The standard InChI is InChI=1S/C13H9ClF3N3/c14-10-6-9(19-12(20-10)13(15,16)17)8-4-3-7-2-1-5-18-11(7)8/h1-2,5-6,8H,3-4H2. The van der Waals surface area contributed by atoms with Crippen LogP contribution in [0.15, 0.2) is 24.4 Å². The third kappa shape index (κ3) is 2.35. The zero-order valence-electron chi connectivity index (χ0n) is 10.2. The van der Waals surface area contributed by atoms with Crippen LogP contribution in [0.1, 0.15) is 35.1 Å². The molecule has 0 amide bonds. The predicted octanol–water partition coefficient (Wildman–Crippen LogP) is 3.62. The fourth-order valence-corrected chi connectivity index (χ4v) is 2.63. The summed E-state index contributed by atoms with van der Waals surface area (Å²) in [6, 6.07) is 5.12. The van der Waals surface area contributed by atoms with E-state index in [0.29, 0.717) is 6.42 Å². The molecule has 3 rings (SSSR count). The van der Waals surface area contributed by atoms with Gasteiger partial charge in [0.05, 0.1) is 11.4 Å². The summed E-state index contributed by atoms with van der Waals surface area (Å²) < 4.78 is 38.2. The van der Waals surface area contributed by atoms with Gasteiger partial charge in [-0.2, -0.15) is 13.2 Å². The highest BCUT2D eigenvalue weighted by Crippen LogP contribution is 2.37. The highest BCUT2D eigenvalue weighted by Gasteiger charge is 2.36. The van der Waals surface area contributed by atoms with E-state index in [9.17, 15) is 13.2 Å². The Labute approximate surface area is 117 Å². The SMILES string of the molecule is FC(F)(F)c1nc(Cl)cc(C2CCc3cccnc32)n1. The minimum absolute atomic E-state index is 0.202. The van der Waals surface area contributed by atoms with Gasteiger partial charge in [-0.05, 0) is 30.5 Å². The second kappa shape index (κ2) is 4.70. The summed E-state index contributed by atoms with van der Waals surface area (Å²) in [6.07, 6.45) is -1.52. The van der Waals surface area contributed by atoms with Gasteiger partial charge in [0, 0.05) is 12.1 Å². The number of hydrogen-bond acceptors (Lipinski definition) is 3. The summed E-state index contributed by atoms with van der Waals surface area (Å²) in [4.78, 5) is 11.1. The lowest BCUT2D eigenvalue weighted by molar-refractivity contribution is -0.145. The van der Waals surface area contributed by atoms with E-state index in [1.54, 1.807) is 6.20 Å². The second-order valence-corrected chi connectivity index (χ2v) is 4.96. The zero-order valence-corrected chi connectivity index (χ0v) is 10.9. The van der Waals surface area contributed by atoms with E-state index in [-0.39, 0.29) is 16.8 Å². The summed E-state index contributed by atoms with van der Waals surface area (Å²) in [5, 5.41) is -0.202. The molecule has 0 N–H and O–H groups in total. The molecule has 1 aliphatic carbocycles. The largest absolute Gasteiger partial charge is 0.451 e. The molecule has 0 aliphatic heterocycles. The van der Waals surface area contributed by atoms with Crippen LogP contribution in [0.5, 0.6) is 0 Å². The van der Waals surface area contributed by atoms with Gasteiger partial charge in [0.15, 0.2) is 0 Å². The third-order valence-electron chi connectivity index (χ3n) is 3.28. The molecule has 104 valence electrons. The van der Waals surface area contributed by atoms with Gasteiger partial charge in [-0.3, -0.25) is 4.98 Å². The summed E-state index contributed by atoms with van der Waals surface area (Å²) in [5.41, 5.74) is 2.09. The molecule has 0 fully saturated rings. The Balaban J connectivity index is 2.06. The summed E-state index contributed by atoms with van der Waals surface area (Å²) in [5.74, 6) is -1.46. The summed E-state index contributed by atoms with van der Waals surface area (Å²) >= 11 is 5.69. The van der Waals surface area contributed by atoms with E-state index in [1.165, 1.54) is 6.07 Å². The van der Waals surface area contributed by atoms with Crippen molar-refractivity contribution in [1.29, 1.82) is 0 Å². The number of aryl methyl sites for hydroxylation is 1. The van der Waals surface area contributed by atoms with Gasteiger partial charge >= 0.3 is 6.18 Å². The molecule has 2 heterocycles. The first kappa shape index (κ1) is 13.3. The third-order valence-corrected chi connectivity index (χ3v) is 3.48. The molecule has 0 bridgehead atoms. The lowest BCUT2D eigenvalue weighted by Gasteiger charge is -2.13. The smallest absolute Gasteiger partial charge is 0.260 e. The first-order chi connectivity index (χ1) is 9.45. The molecule has 0 saturated heterocycles. The number of fused-ring (bicyclic) bond motifs is 1. The van der Waals surface area contributed by atoms with Crippen LogP contribution in [0.3, 0.4) is 0 Å². The number of aromatic nitrogens is 3. The lowest BCUT2D eigenvalue weighted by atomic mass is 10.0. The molecule has 0 saturated carbocycles. The molecule has 1 aliphatic rings. The fourth-order valence-electron chi connectivity index (χ4n) is 2.44. The molecule has 20 heavy (non-hydrogen) atoms. The average Bonchev–Trinajstić information content (AvgIpc) is 2.80. The van der Waals surface area contributed by atoms with Crippen LogP contribution < -0.4 is 0 Å². The van der Waals surface area contributed by atoms with Crippen LogP contribution in [-0.2, 0) is 12.6 Å². The molecule has 3 nitrogen and oxygen atoms in total. The van der Waals surface area contributed by atoms with Gasteiger partial charge in [-0.15, -0.1) is 0 Å². The van der Waals surface area contributed by atoms with Crippen LogP contribution >= 0.6 is 11.6 Å². The second-order valence-electron chi connectivity index (χ2n) is 4.58. The molecule has 2 aromatic rings. The van der Waals surface area contributed by atoms with Crippen molar-refractivity contribution in [3.05, 3.63) is 52.3 Å². The number of pyridine rings is 1. The Kier molecular flexibility index (Phi) is 3.12. The number of rotatable bonds is 1. The molecule has 0 aromatic carbocycles. The normalized spacial score (nSPS) is 18.1. The monoisotopic (exact) mass is 299 g/mol. The zero-order chi connectivity index (χ0) is 14.3. The van der Waals surface area contributed by atoms with Crippen molar-refractivity contribution in [1.82, 2.24) is 15.0 Å². The van der Waals surface area contributed by atoms with Crippen molar-refractivity contribution in [2.24, 2.45) is 0 Å². The molecule has 1 atom stereocenters. The van der Waals surface area contributed by atoms with Crippen molar-refractivity contribution in [2.45, 2.75) is 24.9 Å². The Bertz CT molecular complexity index is 658. The van der Waals surface area contributed by atoms with Crippen LogP contribution in [-0.4, -0.2) is 15.0 Å². The van der Waals surface area contributed by atoms with Gasteiger partial charge in [-0.1, -0.05) is 17.7 Å². The van der Waals surface area contributed by atoms with E-state index in [0.717, 1.165) is 17.7 Å². The summed E-state index contributed by atoms with van der Waals surface area (Å²) in [7, 11) is 0. The highest BCUT2D eigenvalue weighted by atomic mass is 35.5. The van der Waals surface area contributed by atoms with Crippen LogP contribution in [0.25, 0.3) is 0 Å². The van der Waals surface area contributed by atoms with Crippen LogP contribution in [0, 0.1) is 0 Å². The van der Waals surface area contributed by atoms with Crippen LogP contribution in [0.4, 0.5) is 13.2 Å². The molecule has 0 radical (unpaired) electrons. The predicted molar refractivity (Wildman–Crippen MR) is 66.4 cm³/mol. The average molecular weight is 300 g/mol. The van der Waals surface area contributed by atoms with Crippen molar-refractivity contribution < 1.29 is 13.2 Å². The molecule has 7 heteroatoms. The molecule has 2 aromatic heterocycles. The van der Waals surface area contributed by atoms with Gasteiger partial charge in [0.25, 0.3) is 0 Å². The van der Waals surface area contributed by atoms with Crippen molar-refractivity contribution in [2.75, 3.05) is 0 Å². The Morgan fingerprint density at radius 3 is 2.80 bits per heavy atom. The van der Waals surface area contributed by atoms with Crippen LogP contribution in [0.2, 0.25) is 5.15 Å². The van der Waals surface area contributed by atoms with E-state index < -0.39 is 12.0 Å². The molecular weight excluding hydrogens is 291 g/mol. The minimum atomic E-state index is -4.61. The molecule has 1 unspecified atom stereocenters. The van der Waals surface area contributed by atoms with Gasteiger partial charge in [-0.25, -0.2) is 9.97 Å². The summed E-state index contributed by atoms with van der Waals surface area (Å²) in [6.45, 7) is 0. The lowest BCUT2D eigenvalue weighted by Crippen LogP contribution is -2.14. The van der Waals surface area contributed by atoms with Crippen molar-refractivity contribution in [3.63, 3.8) is 0 Å². The number of halogens is 4. The minimum Gasteiger partial charge on any atom is -0.260 e. The maximum Gasteiger partial charge on any atom is 0.451 e. The number of nitrogens with zero attached hydrogens (tertiary/aromatic N) is 3.